The number of aromatic amines is 1. The first-order valence-corrected chi connectivity index (χ1v) is 10.2. The molecule has 1 amide bonds. The molecule has 0 unspecified atom stereocenters. The summed E-state index contributed by atoms with van der Waals surface area (Å²) in [4.78, 5) is 14.0. The van der Waals surface area contributed by atoms with Crippen LogP contribution in [0.5, 0.6) is 0 Å². The van der Waals surface area contributed by atoms with Crippen molar-refractivity contribution in [3.8, 4) is 0 Å². The first-order chi connectivity index (χ1) is 14.7. The molecule has 0 saturated carbocycles. The number of aromatic nitrogens is 1. The van der Waals surface area contributed by atoms with Gasteiger partial charge in [0.15, 0.2) is 0 Å². The molecule has 0 aliphatic carbocycles. The Kier molecular flexibility index (Phi) is 4.77. The van der Waals surface area contributed by atoms with E-state index in [0.717, 1.165) is 34.3 Å². The van der Waals surface area contributed by atoms with Gasteiger partial charge in [-0.2, -0.15) is 0 Å². The van der Waals surface area contributed by atoms with Gasteiger partial charge in [-0.3, -0.25) is 4.79 Å². The van der Waals surface area contributed by atoms with Gasteiger partial charge in [-0.1, -0.05) is 66.2 Å². The molecule has 0 bridgehead atoms. The van der Waals surface area contributed by atoms with Gasteiger partial charge >= 0.3 is 0 Å². The largest absolute Gasteiger partial charge is 0.380 e. The summed E-state index contributed by atoms with van der Waals surface area (Å²) in [5.41, 5.74) is 7.93. The van der Waals surface area contributed by atoms with Gasteiger partial charge in [-0.05, 0) is 35.4 Å². The number of amides is 1. The average molecular weight is 414 g/mol. The van der Waals surface area contributed by atoms with Crippen LogP contribution in [0, 0.1) is 0 Å². The van der Waals surface area contributed by atoms with Crippen LogP contribution >= 0.6 is 11.6 Å². The topological polar surface area (TPSA) is 56.9 Å². The van der Waals surface area contributed by atoms with Crippen molar-refractivity contribution in [2.45, 2.75) is 6.42 Å². The Bertz CT molecular complexity index is 1260. The van der Waals surface area contributed by atoms with E-state index in [-0.39, 0.29) is 5.91 Å². The smallest absolute Gasteiger partial charge is 0.228 e. The second-order valence-corrected chi connectivity index (χ2v) is 7.73. The highest BCUT2D eigenvalue weighted by atomic mass is 35.5. The normalized spacial score (nSPS) is 15.2. The van der Waals surface area contributed by atoms with E-state index in [1.165, 1.54) is 16.8 Å². The number of benzene rings is 3. The van der Waals surface area contributed by atoms with E-state index in [4.69, 9.17) is 11.6 Å². The lowest BCUT2D eigenvalue weighted by Crippen LogP contribution is -2.03. The average Bonchev–Trinajstić information content (AvgIpc) is 3.43. The number of H-pyrrole nitrogens is 1. The predicted molar refractivity (Wildman–Crippen MR) is 125 cm³/mol. The van der Waals surface area contributed by atoms with Gasteiger partial charge in [0, 0.05) is 39.9 Å². The Hall–Kier alpha value is -3.50. The summed E-state index contributed by atoms with van der Waals surface area (Å²) in [6.45, 7) is 0.842. The van der Waals surface area contributed by atoms with Crippen LogP contribution in [-0.2, 0) is 11.2 Å². The van der Waals surface area contributed by atoms with E-state index in [2.05, 4.69) is 46.0 Å². The van der Waals surface area contributed by atoms with Gasteiger partial charge in [0.1, 0.15) is 5.15 Å². The van der Waals surface area contributed by atoms with Crippen molar-refractivity contribution >= 4 is 51.4 Å². The lowest BCUT2D eigenvalue weighted by Gasteiger charge is -1.99. The van der Waals surface area contributed by atoms with Gasteiger partial charge in [0.05, 0.1) is 6.42 Å². The van der Waals surface area contributed by atoms with Crippen molar-refractivity contribution in [2.75, 3.05) is 17.2 Å². The number of hydrogen-bond donors (Lipinski definition) is 3. The molecule has 4 nitrogen and oxygen atoms in total. The molecule has 3 heterocycles. The van der Waals surface area contributed by atoms with E-state index in [0.29, 0.717) is 11.6 Å². The molecule has 2 aliphatic rings. The van der Waals surface area contributed by atoms with Crippen LogP contribution in [0.4, 0.5) is 11.4 Å². The van der Waals surface area contributed by atoms with Crippen LogP contribution in [0.2, 0.25) is 5.15 Å². The van der Waals surface area contributed by atoms with E-state index in [1.807, 2.05) is 48.5 Å². The quantitative estimate of drug-likeness (QED) is 0.360. The van der Waals surface area contributed by atoms with Gasteiger partial charge in [0.2, 0.25) is 5.91 Å². The Balaban J connectivity index is 0.000000161. The number of hydrogen-bond acceptors (Lipinski definition) is 2. The zero-order valence-corrected chi connectivity index (χ0v) is 17.0. The molecule has 0 saturated heterocycles. The maximum Gasteiger partial charge on any atom is 0.228 e. The zero-order valence-electron chi connectivity index (χ0n) is 16.2. The Morgan fingerprint density at radius 3 is 2.47 bits per heavy atom. The molecule has 3 aromatic carbocycles. The summed E-state index contributed by atoms with van der Waals surface area (Å²) >= 11 is 6.35. The summed E-state index contributed by atoms with van der Waals surface area (Å²) in [7, 11) is 0. The van der Waals surface area contributed by atoms with Crippen LogP contribution < -0.4 is 10.6 Å². The van der Waals surface area contributed by atoms with Gasteiger partial charge < -0.3 is 15.6 Å². The van der Waals surface area contributed by atoms with E-state index in [9.17, 15) is 4.79 Å². The predicted octanol–water partition coefficient (Wildman–Crippen LogP) is 5.97. The van der Waals surface area contributed by atoms with Gasteiger partial charge in [-0.25, -0.2) is 0 Å². The molecule has 6 rings (SSSR count). The number of carbonyl (C=O) groups is 1. The number of anilines is 2. The number of rotatable bonds is 1. The van der Waals surface area contributed by atoms with Crippen LogP contribution in [0.1, 0.15) is 16.7 Å². The lowest BCUT2D eigenvalue weighted by molar-refractivity contribution is -0.115. The summed E-state index contributed by atoms with van der Waals surface area (Å²) in [5.74, 6) is 0.0983. The van der Waals surface area contributed by atoms with Crippen LogP contribution in [0.15, 0.2) is 72.8 Å². The third-order valence-electron chi connectivity index (χ3n) is 5.40. The fourth-order valence-electron chi connectivity index (χ4n) is 3.94. The molecule has 4 aromatic rings. The Morgan fingerprint density at radius 2 is 1.60 bits per heavy atom. The minimum absolute atomic E-state index is 0.0983. The number of carbonyl (C=O) groups excluding carboxylic acids is 1. The second-order valence-electron chi connectivity index (χ2n) is 7.35. The van der Waals surface area contributed by atoms with Crippen LogP contribution in [0.25, 0.3) is 22.6 Å². The fourth-order valence-corrected chi connectivity index (χ4v) is 4.20. The third kappa shape index (κ3) is 3.46. The first-order valence-electron chi connectivity index (χ1n) is 9.87. The summed E-state index contributed by atoms with van der Waals surface area (Å²) in [5, 5.41) is 8.03. The molecule has 2 aliphatic heterocycles. The van der Waals surface area contributed by atoms with Crippen molar-refractivity contribution in [3.05, 3.63) is 94.6 Å². The molecule has 0 atom stereocenters. The zero-order chi connectivity index (χ0) is 20.5. The molecular weight excluding hydrogens is 394 g/mol. The number of para-hydroxylation sites is 3. The standard InChI is InChI=1S/C17H13ClN2.C8H7NO/c18-17-14(13-6-2-4-8-16(13)20-17)9-11-10-19-15-7-3-1-5-12(11)15;10-8-5-6-3-1-2-4-7(6)9-8/h1-9,19-20H,10H2;1-4H,5H2,(H,9,10). The molecule has 0 radical (unpaired) electrons. The van der Waals surface area contributed by atoms with Gasteiger partial charge in [0.25, 0.3) is 0 Å². The highest BCUT2D eigenvalue weighted by Crippen LogP contribution is 2.35. The molecule has 3 N–H and O–H groups in total. The maximum atomic E-state index is 10.8. The Labute approximate surface area is 179 Å². The highest BCUT2D eigenvalue weighted by Gasteiger charge is 2.17. The highest BCUT2D eigenvalue weighted by molar-refractivity contribution is 6.33. The molecular formula is C25H20ClN3O. The molecule has 1 aromatic heterocycles. The SMILES string of the molecule is Clc1[nH]c2ccccc2c1C=C1CNc2ccccc21.O=C1Cc2ccccc2N1. The van der Waals surface area contributed by atoms with E-state index in [1.54, 1.807) is 0 Å². The van der Waals surface area contributed by atoms with E-state index < -0.39 is 0 Å². The monoisotopic (exact) mass is 413 g/mol. The second kappa shape index (κ2) is 7.73. The van der Waals surface area contributed by atoms with Crippen molar-refractivity contribution in [1.29, 1.82) is 0 Å². The fraction of sp³-hybridized carbons (Fsp3) is 0.0800. The first kappa shape index (κ1) is 18.5. The third-order valence-corrected chi connectivity index (χ3v) is 5.70. The van der Waals surface area contributed by atoms with Crippen molar-refractivity contribution in [2.24, 2.45) is 0 Å². The van der Waals surface area contributed by atoms with Crippen molar-refractivity contribution in [1.82, 2.24) is 4.98 Å². The molecule has 148 valence electrons. The number of halogens is 1. The Morgan fingerprint density at radius 1 is 0.867 bits per heavy atom. The summed E-state index contributed by atoms with van der Waals surface area (Å²) in [6.07, 6.45) is 2.72. The summed E-state index contributed by atoms with van der Waals surface area (Å²) in [6, 6.07) is 24.3. The minimum Gasteiger partial charge on any atom is -0.380 e. The molecule has 5 heteroatoms. The minimum atomic E-state index is 0.0983. The molecule has 0 spiro atoms. The van der Waals surface area contributed by atoms with Crippen LogP contribution in [0.3, 0.4) is 0 Å². The molecule has 30 heavy (non-hydrogen) atoms. The lowest BCUT2D eigenvalue weighted by atomic mass is 10.0. The number of nitrogens with one attached hydrogen (secondary N) is 3. The maximum absolute atomic E-state index is 10.8. The van der Waals surface area contributed by atoms with Gasteiger partial charge in [-0.15, -0.1) is 0 Å². The number of fused-ring (bicyclic) bond motifs is 3. The van der Waals surface area contributed by atoms with Crippen molar-refractivity contribution < 1.29 is 4.79 Å². The van der Waals surface area contributed by atoms with Crippen molar-refractivity contribution in [3.63, 3.8) is 0 Å². The van der Waals surface area contributed by atoms with E-state index >= 15 is 0 Å². The summed E-state index contributed by atoms with van der Waals surface area (Å²) < 4.78 is 0. The molecule has 0 fully saturated rings. The van der Waals surface area contributed by atoms with Crippen LogP contribution in [-0.4, -0.2) is 17.4 Å².